The number of benzene rings is 1. The average Bonchev–Trinajstić information content (AvgIpc) is 3.27. The van der Waals surface area contributed by atoms with Crippen LogP contribution in [0.4, 0.5) is 17.2 Å². The summed E-state index contributed by atoms with van der Waals surface area (Å²) < 4.78 is 1.75. The Bertz CT molecular complexity index is 1110. The topological polar surface area (TPSA) is 101 Å². The van der Waals surface area contributed by atoms with Gasteiger partial charge in [0.2, 0.25) is 5.91 Å². The standard InChI is InChI=1S/C19H19N7O/c1-3-17(27)24-14-6-4-5-13(7-14)23-16-10-21-19-18(25-16)15(9-20-19)12-8-22-26(2)11-12/h4-11H,3H2,1-2H3,(H,20,21)(H,23,25)(H,24,27). The van der Waals surface area contributed by atoms with Crippen molar-refractivity contribution in [3.8, 4) is 11.1 Å². The van der Waals surface area contributed by atoms with E-state index in [2.05, 4.69) is 25.7 Å². The van der Waals surface area contributed by atoms with E-state index in [1.807, 2.05) is 50.6 Å². The van der Waals surface area contributed by atoms with Gasteiger partial charge in [0.15, 0.2) is 5.65 Å². The molecule has 136 valence electrons. The third-order valence-electron chi connectivity index (χ3n) is 4.14. The minimum absolute atomic E-state index is 0.0261. The van der Waals surface area contributed by atoms with Gasteiger partial charge in [0.1, 0.15) is 11.3 Å². The number of carbonyl (C=O) groups is 1. The lowest BCUT2D eigenvalue weighted by Gasteiger charge is -2.08. The van der Waals surface area contributed by atoms with Crippen molar-refractivity contribution >= 4 is 34.3 Å². The number of nitrogens with one attached hydrogen (secondary N) is 3. The van der Waals surface area contributed by atoms with E-state index in [0.29, 0.717) is 17.9 Å². The van der Waals surface area contributed by atoms with Crippen molar-refractivity contribution in [3.05, 3.63) is 49.1 Å². The lowest BCUT2D eigenvalue weighted by molar-refractivity contribution is -0.115. The fraction of sp³-hybridized carbons (Fsp3) is 0.158. The van der Waals surface area contributed by atoms with Crippen LogP contribution in [0.3, 0.4) is 0 Å². The molecule has 1 aromatic carbocycles. The minimum Gasteiger partial charge on any atom is -0.344 e. The lowest BCUT2D eigenvalue weighted by atomic mass is 10.2. The van der Waals surface area contributed by atoms with E-state index in [4.69, 9.17) is 4.98 Å². The molecule has 0 aliphatic heterocycles. The van der Waals surface area contributed by atoms with Crippen molar-refractivity contribution in [3.63, 3.8) is 0 Å². The van der Waals surface area contributed by atoms with Crippen molar-refractivity contribution in [2.45, 2.75) is 13.3 Å². The van der Waals surface area contributed by atoms with Gasteiger partial charge in [0.05, 0.1) is 12.4 Å². The maximum absolute atomic E-state index is 11.6. The molecule has 8 heteroatoms. The Hall–Kier alpha value is -3.68. The third kappa shape index (κ3) is 3.50. The lowest BCUT2D eigenvalue weighted by Crippen LogP contribution is -2.09. The highest BCUT2D eigenvalue weighted by Crippen LogP contribution is 2.27. The summed E-state index contributed by atoms with van der Waals surface area (Å²) in [6.45, 7) is 1.82. The van der Waals surface area contributed by atoms with Crippen LogP contribution in [0.5, 0.6) is 0 Å². The first-order valence-corrected chi connectivity index (χ1v) is 8.62. The molecule has 3 N–H and O–H groups in total. The molecule has 0 unspecified atom stereocenters. The van der Waals surface area contributed by atoms with Crippen molar-refractivity contribution < 1.29 is 4.79 Å². The number of anilines is 3. The number of aryl methyl sites for hydroxylation is 1. The molecule has 0 aliphatic carbocycles. The van der Waals surface area contributed by atoms with Gasteiger partial charge in [-0.2, -0.15) is 5.10 Å². The first kappa shape index (κ1) is 16.8. The summed E-state index contributed by atoms with van der Waals surface area (Å²) in [7, 11) is 1.88. The van der Waals surface area contributed by atoms with E-state index in [1.54, 1.807) is 17.1 Å². The van der Waals surface area contributed by atoms with Crippen LogP contribution in [0.15, 0.2) is 49.1 Å². The number of carbonyl (C=O) groups excluding carboxylic acids is 1. The van der Waals surface area contributed by atoms with E-state index in [9.17, 15) is 4.79 Å². The normalized spacial score (nSPS) is 10.9. The molecule has 3 aromatic heterocycles. The number of aromatic amines is 1. The number of amides is 1. The molecule has 4 aromatic rings. The average molecular weight is 361 g/mol. The van der Waals surface area contributed by atoms with Crippen LogP contribution >= 0.6 is 0 Å². The van der Waals surface area contributed by atoms with Gasteiger partial charge in [-0.15, -0.1) is 0 Å². The molecule has 0 saturated carbocycles. The number of hydrogen-bond donors (Lipinski definition) is 3. The number of aromatic nitrogens is 5. The van der Waals surface area contributed by atoms with Crippen LogP contribution < -0.4 is 10.6 Å². The smallest absolute Gasteiger partial charge is 0.224 e. The first-order chi connectivity index (χ1) is 13.1. The molecule has 3 heterocycles. The Morgan fingerprint density at radius 3 is 2.89 bits per heavy atom. The summed E-state index contributed by atoms with van der Waals surface area (Å²) in [5.41, 5.74) is 4.94. The summed E-state index contributed by atoms with van der Waals surface area (Å²) >= 11 is 0. The Labute approximate surface area is 155 Å². The van der Waals surface area contributed by atoms with Gasteiger partial charge in [0, 0.05) is 48.4 Å². The van der Waals surface area contributed by atoms with E-state index in [1.165, 1.54) is 0 Å². The van der Waals surface area contributed by atoms with Crippen molar-refractivity contribution in [2.75, 3.05) is 10.6 Å². The van der Waals surface area contributed by atoms with E-state index in [-0.39, 0.29) is 5.91 Å². The second-order valence-electron chi connectivity index (χ2n) is 6.17. The van der Waals surface area contributed by atoms with Crippen molar-refractivity contribution in [1.29, 1.82) is 0 Å². The Balaban J connectivity index is 1.63. The van der Waals surface area contributed by atoms with E-state index < -0.39 is 0 Å². The molecule has 0 saturated heterocycles. The molecule has 0 bridgehead atoms. The fourth-order valence-electron chi connectivity index (χ4n) is 2.80. The first-order valence-electron chi connectivity index (χ1n) is 8.62. The largest absolute Gasteiger partial charge is 0.344 e. The van der Waals surface area contributed by atoms with Crippen LogP contribution in [0.2, 0.25) is 0 Å². The van der Waals surface area contributed by atoms with Gasteiger partial charge in [-0.1, -0.05) is 13.0 Å². The van der Waals surface area contributed by atoms with Crippen LogP contribution in [0, 0.1) is 0 Å². The summed E-state index contributed by atoms with van der Waals surface area (Å²) in [4.78, 5) is 23.8. The molecular formula is C19H19N7O. The number of rotatable bonds is 5. The highest BCUT2D eigenvalue weighted by Gasteiger charge is 2.11. The van der Waals surface area contributed by atoms with Crippen molar-refractivity contribution in [2.24, 2.45) is 7.05 Å². The van der Waals surface area contributed by atoms with Gasteiger partial charge in [-0.3, -0.25) is 9.48 Å². The van der Waals surface area contributed by atoms with Crippen LogP contribution in [0.1, 0.15) is 13.3 Å². The monoisotopic (exact) mass is 361 g/mol. The number of H-pyrrole nitrogens is 1. The molecule has 0 atom stereocenters. The molecule has 27 heavy (non-hydrogen) atoms. The zero-order valence-corrected chi connectivity index (χ0v) is 15.0. The number of fused-ring (bicyclic) bond motifs is 1. The van der Waals surface area contributed by atoms with Crippen LogP contribution in [0.25, 0.3) is 22.3 Å². The summed E-state index contributed by atoms with van der Waals surface area (Å²) in [5, 5.41) is 10.3. The zero-order valence-electron chi connectivity index (χ0n) is 15.0. The van der Waals surface area contributed by atoms with E-state index in [0.717, 1.165) is 28.0 Å². The van der Waals surface area contributed by atoms with Crippen LogP contribution in [-0.2, 0) is 11.8 Å². The fourth-order valence-corrected chi connectivity index (χ4v) is 2.80. The predicted molar refractivity (Wildman–Crippen MR) is 105 cm³/mol. The molecule has 4 rings (SSSR count). The summed E-state index contributed by atoms with van der Waals surface area (Å²) in [5.74, 6) is 0.591. The Morgan fingerprint density at radius 2 is 2.11 bits per heavy atom. The third-order valence-corrected chi connectivity index (χ3v) is 4.14. The Kier molecular flexibility index (Phi) is 4.29. The van der Waals surface area contributed by atoms with E-state index >= 15 is 0 Å². The molecule has 1 amide bonds. The molecule has 0 radical (unpaired) electrons. The van der Waals surface area contributed by atoms with Crippen molar-refractivity contribution in [1.82, 2.24) is 24.7 Å². The second kappa shape index (κ2) is 6.91. The van der Waals surface area contributed by atoms with Gasteiger partial charge in [0.25, 0.3) is 0 Å². The van der Waals surface area contributed by atoms with Gasteiger partial charge in [-0.05, 0) is 18.2 Å². The van der Waals surface area contributed by atoms with Gasteiger partial charge in [-0.25, -0.2) is 9.97 Å². The summed E-state index contributed by atoms with van der Waals surface area (Å²) in [6.07, 6.45) is 7.72. The SMILES string of the molecule is CCC(=O)Nc1cccc(Nc2cnc3[nH]cc(-c4cnn(C)c4)c3n2)c1. The Morgan fingerprint density at radius 1 is 1.26 bits per heavy atom. The minimum atomic E-state index is -0.0261. The molecule has 8 nitrogen and oxygen atoms in total. The highest BCUT2D eigenvalue weighted by molar-refractivity contribution is 5.92. The summed E-state index contributed by atoms with van der Waals surface area (Å²) in [6, 6.07) is 7.49. The number of hydrogen-bond acceptors (Lipinski definition) is 5. The highest BCUT2D eigenvalue weighted by atomic mass is 16.1. The molecular weight excluding hydrogens is 342 g/mol. The molecule has 0 aliphatic rings. The maximum Gasteiger partial charge on any atom is 0.224 e. The predicted octanol–water partition coefficient (Wildman–Crippen LogP) is 3.45. The molecule has 0 fully saturated rings. The zero-order chi connectivity index (χ0) is 18.8. The second-order valence-corrected chi connectivity index (χ2v) is 6.17. The van der Waals surface area contributed by atoms with Gasteiger partial charge >= 0.3 is 0 Å². The maximum atomic E-state index is 11.6. The number of nitrogens with zero attached hydrogens (tertiary/aromatic N) is 4. The molecule has 0 spiro atoms. The van der Waals surface area contributed by atoms with Gasteiger partial charge < -0.3 is 15.6 Å². The quantitative estimate of drug-likeness (QED) is 0.505. The van der Waals surface area contributed by atoms with Crippen LogP contribution in [-0.4, -0.2) is 30.6 Å².